The fourth-order valence-corrected chi connectivity index (χ4v) is 8.86. The maximum Gasteiger partial charge on any atom is 0.308 e. The summed E-state index contributed by atoms with van der Waals surface area (Å²) in [6.07, 6.45) is 32.4. The Morgan fingerprint density at radius 3 is 1.38 bits per heavy atom. The molecule has 0 bridgehead atoms. The molecule has 1 aliphatic heterocycles. The molecule has 0 aromatic heterocycles. The van der Waals surface area contributed by atoms with Gasteiger partial charge < -0.3 is 29.5 Å². The van der Waals surface area contributed by atoms with Crippen LogP contribution in [0.25, 0.3) is 5.32 Å². The summed E-state index contributed by atoms with van der Waals surface area (Å²) in [5.74, 6) is 1.80. The first-order chi connectivity index (χ1) is 28.0. The molecule has 1 heterocycles. The number of aliphatic hydroxyl groups is 1. The van der Waals surface area contributed by atoms with Crippen molar-refractivity contribution in [3.63, 3.8) is 0 Å². The van der Waals surface area contributed by atoms with Crippen LogP contribution < -0.4 is 0 Å². The molecule has 1 saturated heterocycles. The van der Waals surface area contributed by atoms with Gasteiger partial charge in [-0.05, 0) is 51.6 Å². The standard InChI is InChI=1S/C36H70NO4.C11H23NO2S2.Y/c1-5-9-13-17-19-23-27-33(25-21-15-11-7-3)35(38)40-31-29-37-30-32-41-36(39)34(26-22-16-12-8-4)28-24-20-18-14-10-6-2;13-7-10-15-16-11-9-14-8-6-12-4-2-1-3-5-12;/h33-34H,5-32H2,1-4H3;13H,1-11H2;/q-1;;. The minimum absolute atomic E-state index is 0. The summed E-state index contributed by atoms with van der Waals surface area (Å²) in [7, 11) is 3.50. The molecular formula is C47H93N2O6S2Y-. The second-order valence-corrected chi connectivity index (χ2v) is 18.8. The number of carbonyl (C=O) groups is 2. The Balaban J connectivity index is 0. The van der Waals surface area contributed by atoms with Crippen molar-refractivity contribution in [2.24, 2.45) is 11.8 Å². The molecule has 2 atom stereocenters. The van der Waals surface area contributed by atoms with E-state index >= 15 is 0 Å². The van der Waals surface area contributed by atoms with Crippen molar-refractivity contribution in [3.8, 4) is 0 Å². The minimum Gasteiger partial charge on any atom is -0.657 e. The summed E-state index contributed by atoms with van der Waals surface area (Å²) in [4.78, 5) is 28.1. The molecule has 1 aliphatic rings. The second-order valence-electron chi connectivity index (χ2n) is 16.1. The quantitative estimate of drug-likeness (QED) is 0.0365. The number of nitrogens with zero attached hydrogens (tertiary/aromatic N) is 2. The maximum atomic E-state index is 12.8. The largest absolute Gasteiger partial charge is 0.657 e. The number of carbonyl (C=O) groups excluding carboxylic acids is 2. The van der Waals surface area contributed by atoms with Crippen molar-refractivity contribution in [2.75, 3.05) is 77.3 Å². The Hall–Kier alpha value is 0.584. The molecule has 1 fully saturated rings. The van der Waals surface area contributed by atoms with Crippen LogP contribution in [0, 0.1) is 11.8 Å². The van der Waals surface area contributed by atoms with E-state index in [0.717, 1.165) is 82.6 Å². The minimum atomic E-state index is -0.0442. The van der Waals surface area contributed by atoms with Gasteiger partial charge in [0.2, 0.25) is 0 Å². The van der Waals surface area contributed by atoms with Crippen LogP contribution in [0.15, 0.2) is 0 Å². The third-order valence-electron chi connectivity index (χ3n) is 10.8. The molecule has 0 amide bonds. The molecule has 1 radical (unpaired) electrons. The summed E-state index contributed by atoms with van der Waals surface area (Å²) in [6.45, 7) is 16.1. The van der Waals surface area contributed by atoms with Gasteiger partial charge in [-0.2, -0.15) is 0 Å². The first-order valence-electron chi connectivity index (χ1n) is 24.2. The Bertz CT molecular complexity index is 795. The molecule has 2 unspecified atom stereocenters. The number of rotatable bonds is 41. The van der Waals surface area contributed by atoms with Gasteiger partial charge in [0.25, 0.3) is 0 Å². The van der Waals surface area contributed by atoms with Crippen LogP contribution in [-0.2, 0) is 56.5 Å². The topological polar surface area (TPSA) is 99.4 Å². The molecule has 0 saturated carbocycles. The van der Waals surface area contributed by atoms with Gasteiger partial charge in [-0.25, -0.2) is 0 Å². The van der Waals surface area contributed by atoms with Gasteiger partial charge in [0.05, 0.1) is 44.9 Å². The Morgan fingerprint density at radius 2 is 0.948 bits per heavy atom. The molecule has 1 N–H and O–H groups in total. The van der Waals surface area contributed by atoms with Crippen LogP contribution in [0.5, 0.6) is 0 Å². The molecule has 0 aromatic carbocycles. The van der Waals surface area contributed by atoms with Crippen LogP contribution in [0.3, 0.4) is 0 Å². The molecule has 11 heteroatoms. The summed E-state index contributed by atoms with van der Waals surface area (Å²) in [5.41, 5.74) is 0. The summed E-state index contributed by atoms with van der Waals surface area (Å²) >= 11 is 0. The van der Waals surface area contributed by atoms with Crippen molar-refractivity contribution in [2.45, 2.75) is 201 Å². The van der Waals surface area contributed by atoms with Crippen LogP contribution in [0.1, 0.15) is 201 Å². The number of hydrogen-bond donors (Lipinski definition) is 1. The molecule has 0 aliphatic carbocycles. The van der Waals surface area contributed by atoms with Gasteiger partial charge in [0, 0.05) is 50.8 Å². The number of piperidine rings is 1. The first kappa shape index (κ1) is 60.7. The number of aliphatic hydroxyl groups excluding tert-OH is 1. The Morgan fingerprint density at radius 1 is 0.552 bits per heavy atom. The van der Waals surface area contributed by atoms with Crippen molar-refractivity contribution < 1.29 is 61.6 Å². The average molecular weight is 935 g/mol. The van der Waals surface area contributed by atoms with Crippen molar-refractivity contribution in [1.29, 1.82) is 0 Å². The van der Waals surface area contributed by atoms with Gasteiger partial charge in [-0.1, -0.05) is 184 Å². The zero-order chi connectivity index (χ0) is 41.7. The average Bonchev–Trinajstić information content (AvgIpc) is 3.23. The molecule has 0 aromatic rings. The monoisotopic (exact) mass is 935 g/mol. The van der Waals surface area contributed by atoms with E-state index in [1.807, 2.05) is 0 Å². The van der Waals surface area contributed by atoms with Gasteiger partial charge in [0.1, 0.15) is 0 Å². The number of unbranched alkanes of at least 4 members (excludes halogenated alkanes) is 16. The zero-order valence-corrected chi connectivity index (χ0v) is 43.0. The van der Waals surface area contributed by atoms with Gasteiger partial charge in [-0.3, -0.25) is 9.59 Å². The van der Waals surface area contributed by atoms with Gasteiger partial charge in [0.15, 0.2) is 0 Å². The first-order valence-corrected chi connectivity index (χ1v) is 26.6. The number of likely N-dealkylation sites (tertiary alicyclic amines) is 1. The van der Waals surface area contributed by atoms with Crippen LogP contribution >= 0.6 is 21.6 Å². The predicted molar refractivity (Wildman–Crippen MR) is 249 cm³/mol. The molecule has 0 spiro atoms. The van der Waals surface area contributed by atoms with E-state index in [-0.39, 0.29) is 63.1 Å². The van der Waals surface area contributed by atoms with Crippen LogP contribution in [0.4, 0.5) is 0 Å². The molecule has 343 valence electrons. The smallest absolute Gasteiger partial charge is 0.308 e. The Kier molecular flexibility index (Phi) is 52.5. The molecule has 1 rings (SSSR count). The summed E-state index contributed by atoms with van der Waals surface area (Å²) in [6, 6.07) is 0. The SMILES string of the molecule is CCCCCCCCC(CCCCCC)C(=O)OCC[N-]CCOC(=O)C(CCCCCC)CCCCCCCC.OCCSSCCOCCN1CCCCC1.[Y]. The van der Waals surface area contributed by atoms with E-state index in [2.05, 4.69) is 37.9 Å². The number of ether oxygens (including phenoxy) is 3. The normalized spacial score (nSPS) is 13.9. The molecular weight excluding hydrogens is 842 g/mol. The molecule has 58 heavy (non-hydrogen) atoms. The van der Waals surface area contributed by atoms with E-state index in [4.69, 9.17) is 19.3 Å². The predicted octanol–water partition coefficient (Wildman–Crippen LogP) is 13.0. The van der Waals surface area contributed by atoms with Crippen LogP contribution in [0.2, 0.25) is 0 Å². The van der Waals surface area contributed by atoms with E-state index < -0.39 is 0 Å². The van der Waals surface area contributed by atoms with Gasteiger partial charge in [-0.15, -0.1) is 13.1 Å². The van der Waals surface area contributed by atoms with E-state index in [1.165, 1.54) is 135 Å². The fraction of sp³-hybridized carbons (Fsp3) is 0.957. The third kappa shape index (κ3) is 41.9. The second kappa shape index (κ2) is 50.2. The van der Waals surface area contributed by atoms with E-state index in [9.17, 15) is 9.59 Å². The Labute approximate surface area is 392 Å². The van der Waals surface area contributed by atoms with Crippen molar-refractivity contribution >= 4 is 33.5 Å². The number of esters is 2. The third-order valence-corrected chi connectivity index (χ3v) is 13.2. The fourth-order valence-electron chi connectivity index (χ4n) is 7.23. The van der Waals surface area contributed by atoms with E-state index in [0.29, 0.717) is 26.3 Å². The molecule has 8 nitrogen and oxygen atoms in total. The van der Waals surface area contributed by atoms with Crippen LogP contribution in [-0.4, -0.2) is 99.2 Å². The van der Waals surface area contributed by atoms with Gasteiger partial charge >= 0.3 is 11.9 Å². The van der Waals surface area contributed by atoms with Crippen molar-refractivity contribution in [1.82, 2.24) is 4.90 Å². The number of hydrogen-bond acceptors (Lipinski definition) is 9. The summed E-state index contributed by atoms with van der Waals surface area (Å²) in [5, 5.41) is 13.0. The maximum absolute atomic E-state index is 12.8. The van der Waals surface area contributed by atoms with E-state index in [1.54, 1.807) is 21.6 Å². The summed E-state index contributed by atoms with van der Waals surface area (Å²) < 4.78 is 16.8. The zero-order valence-electron chi connectivity index (χ0n) is 38.5. The van der Waals surface area contributed by atoms with Crippen molar-refractivity contribution in [3.05, 3.63) is 5.32 Å².